The lowest BCUT2D eigenvalue weighted by molar-refractivity contribution is 0.580. The van der Waals surface area contributed by atoms with Crippen molar-refractivity contribution in [2.24, 2.45) is 0 Å². The van der Waals surface area contributed by atoms with Gasteiger partial charge in [-0.15, -0.1) is 0 Å². The molecule has 0 radical (unpaired) electrons. The van der Waals surface area contributed by atoms with Crippen LogP contribution in [0.25, 0.3) is 0 Å². The van der Waals surface area contributed by atoms with Gasteiger partial charge in [-0.25, -0.2) is 13.8 Å². The highest BCUT2D eigenvalue weighted by atomic mass is 19.1. The fourth-order valence-corrected chi connectivity index (χ4v) is 1.44. The molecule has 16 heavy (non-hydrogen) atoms. The summed E-state index contributed by atoms with van der Waals surface area (Å²) >= 11 is 0. The summed E-state index contributed by atoms with van der Waals surface area (Å²) in [4.78, 5) is 6.84. The number of benzene rings is 1. The standard InChI is InChI=1S/C11H11F2N3/c12-9-5-8(6-10(13)7-9)1-2-14-11-15-3-4-16-11/h3-7H,1-2H2,(H2,14,15,16). The minimum absolute atomic E-state index is 0.537. The van der Waals surface area contributed by atoms with E-state index in [-0.39, 0.29) is 0 Å². The SMILES string of the molecule is Fc1cc(F)cc(CCNc2ncc[nH]2)c1. The highest BCUT2D eigenvalue weighted by molar-refractivity contribution is 5.24. The Morgan fingerprint density at radius 3 is 2.56 bits per heavy atom. The van der Waals surface area contributed by atoms with Crippen LogP contribution in [0.15, 0.2) is 30.6 Å². The molecule has 0 amide bonds. The van der Waals surface area contributed by atoms with Crippen molar-refractivity contribution in [3.05, 3.63) is 47.8 Å². The summed E-state index contributed by atoms with van der Waals surface area (Å²) in [5, 5.41) is 3.00. The Morgan fingerprint density at radius 2 is 1.94 bits per heavy atom. The number of imidazole rings is 1. The van der Waals surface area contributed by atoms with E-state index in [1.54, 1.807) is 12.4 Å². The van der Waals surface area contributed by atoms with E-state index >= 15 is 0 Å². The number of aromatic nitrogens is 2. The van der Waals surface area contributed by atoms with Gasteiger partial charge in [-0.1, -0.05) is 0 Å². The second-order valence-corrected chi connectivity index (χ2v) is 3.39. The average molecular weight is 223 g/mol. The predicted molar refractivity (Wildman–Crippen MR) is 57.1 cm³/mol. The number of hydrogen-bond donors (Lipinski definition) is 2. The summed E-state index contributed by atoms with van der Waals surface area (Å²) in [6.07, 6.45) is 3.86. The molecule has 0 unspecified atom stereocenters. The Labute approximate surface area is 91.5 Å². The summed E-state index contributed by atoms with van der Waals surface area (Å²) < 4.78 is 25.7. The Kier molecular flexibility index (Phi) is 3.14. The smallest absolute Gasteiger partial charge is 0.200 e. The minimum atomic E-state index is -0.548. The third-order valence-corrected chi connectivity index (χ3v) is 2.13. The van der Waals surface area contributed by atoms with Crippen LogP contribution in [-0.2, 0) is 6.42 Å². The Bertz CT molecular complexity index is 434. The van der Waals surface area contributed by atoms with Crippen LogP contribution in [0.4, 0.5) is 14.7 Å². The summed E-state index contributed by atoms with van der Waals surface area (Å²) in [5.74, 6) is -0.446. The van der Waals surface area contributed by atoms with Gasteiger partial charge in [0.25, 0.3) is 0 Å². The summed E-state index contributed by atoms with van der Waals surface area (Å²) in [6, 6.07) is 3.52. The Morgan fingerprint density at radius 1 is 1.19 bits per heavy atom. The first-order valence-corrected chi connectivity index (χ1v) is 4.92. The first kappa shape index (κ1) is 10.6. The van der Waals surface area contributed by atoms with Crippen molar-refractivity contribution in [3.63, 3.8) is 0 Å². The van der Waals surface area contributed by atoms with E-state index in [1.165, 1.54) is 12.1 Å². The van der Waals surface area contributed by atoms with Gasteiger partial charge in [0.05, 0.1) is 0 Å². The van der Waals surface area contributed by atoms with E-state index in [1.807, 2.05) is 0 Å². The molecule has 0 bridgehead atoms. The van der Waals surface area contributed by atoms with Crippen molar-refractivity contribution in [2.45, 2.75) is 6.42 Å². The predicted octanol–water partition coefficient (Wildman–Crippen LogP) is 2.34. The first-order chi connectivity index (χ1) is 7.74. The fourth-order valence-electron chi connectivity index (χ4n) is 1.44. The van der Waals surface area contributed by atoms with Gasteiger partial charge in [-0.05, 0) is 24.1 Å². The van der Waals surface area contributed by atoms with E-state index in [4.69, 9.17) is 0 Å². The number of anilines is 1. The van der Waals surface area contributed by atoms with Crippen LogP contribution in [0.3, 0.4) is 0 Å². The van der Waals surface area contributed by atoms with E-state index in [2.05, 4.69) is 15.3 Å². The fraction of sp³-hybridized carbons (Fsp3) is 0.182. The maximum atomic E-state index is 12.8. The van der Waals surface area contributed by atoms with Gasteiger partial charge in [0.1, 0.15) is 11.6 Å². The molecule has 5 heteroatoms. The van der Waals surface area contributed by atoms with Gasteiger partial charge in [-0.2, -0.15) is 0 Å². The molecule has 0 atom stereocenters. The van der Waals surface area contributed by atoms with E-state index < -0.39 is 11.6 Å². The van der Waals surface area contributed by atoms with Crippen molar-refractivity contribution in [3.8, 4) is 0 Å². The molecule has 0 aliphatic heterocycles. The number of aromatic amines is 1. The van der Waals surface area contributed by atoms with Crippen molar-refractivity contribution in [2.75, 3.05) is 11.9 Å². The van der Waals surface area contributed by atoms with Crippen molar-refractivity contribution in [1.29, 1.82) is 0 Å². The summed E-state index contributed by atoms with van der Waals surface area (Å²) in [6.45, 7) is 0.566. The zero-order chi connectivity index (χ0) is 11.4. The molecule has 0 aliphatic rings. The lowest BCUT2D eigenvalue weighted by Gasteiger charge is -2.03. The Hall–Kier alpha value is -1.91. The van der Waals surface area contributed by atoms with Gasteiger partial charge in [0.2, 0.25) is 0 Å². The molecule has 0 spiro atoms. The van der Waals surface area contributed by atoms with Gasteiger partial charge in [0.15, 0.2) is 5.95 Å². The maximum absolute atomic E-state index is 12.8. The first-order valence-electron chi connectivity index (χ1n) is 4.92. The molecule has 0 aliphatic carbocycles. The second kappa shape index (κ2) is 4.74. The molecule has 84 valence electrons. The molecule has 0 saturated heterocycles. The number of rotatable bonds is 4. The zero-order valence-electron chi connectivity index (χ0n) is 8.50. The highest BCUT2D eigenvalue weighted by Gasteiger charge is 2.00. The number of nitrogens with one attached hydrogen (secondary N) is 2. The third kappa shape index (κ3) is 2.79. The summed E-state index contributed by atoms with van der Waals surface area (Å²) in [7, 11) is 0. The monoisotopic (exact) mass is 223 g/mol. The van der Waals surface area contributed by atoms with Gasteiger partial charge in [-0.3, -0.25) is 0 Å². The van der Waals surface area contributed by atoms with Crippen LogP contribution in [0.5, 0.6) is 0 Å². The summed E-state index contributed by atoms with van der Waals surface area (Å²) in [5.41, 5.74) is 0.622. The molecule has 2 rings (SSSR count). The van der Waals surface area contributed by atoms with Crippen molar-refractivity contribution in [1.82, 2.24) is 9.97 Å². The van der Waals surface area contributed by atoms with Crippen LogP contribution in [0.1, 0.15) is 5.56 Å². The largest absolute Gasteiger partial charge is 0.355 e. The number of halogens is 2. The van der Waals surface area contributed by atoms with E-state index in [0.717, 1.165) is 6.07 Å². The second-order valence-electron chi connectivity index (χ2n) is 3.39. The quantitative estimate of drug-likeness (QED) is 0.835. The van der Waals surface area contributed by atoms with Crippen LogP contribution in [0, 0.1) is 11.6 Å². The average Bonchev–Trinajstić information content (AvgIpc) is 2.69. The minimum Gasteiger partial charge on any atom is -0.355 e. The van der Waals surface area contributed by atoms with Crippen LogP contribution >= 0.6 is 0 Å². The number of hydrogen-bond acceptors (Lipinski definition) is 2. The zero-order valence-corrected chi connectivity index (χ0v) is 8.50. The molecular weight excluding hydrogens is 212 g/mol. The molecule has 2 aromatic rings. The van der Waals surface area contributed by atoms with E-state index in [9.17, 15) is 8.78 Å². The molecule has 1 aromatic heterocycles. The maximum Gasteiger partial charge on any atom is 0.200 e. The third-order valence-electron chi connectivity index (χ3n) is 2.13. The van der Waals surface area contributed by atoms with Crippen molar-refractivity contribution >= 4 is 5.95 Å². The molecule has 2 N–H and O–H groups in total. The van der Waals surface area contributed by atoms with Crippen LogP contribution < -0.4 is 5.32 Å². The van der Waals surface area contributed by atoms with E-state index in [0.29, 0.717) is 24.5 Å². The van der Waals surface area contributed by atoms with Gasteiger partial charge < -0.3 is 10.3 Å². The topological polar surface area (TPSA) is 40.7 Å². The lowest BCUT2D eigenvalue weighted by Crippen LogP contribution is -2.06. The lowest BCUT2D eigenvalue weighted by atomic mass is 10.1. The van der Waals surface area contributed by atoms with Crippen LogP contribution in [0.2, 0.25) is 0 Å². The molecule has 1 heterocycles. The molecule has 3 nitrogen and oxygen atoms in total. The molecule has 0 fully saturated rings. The molecule has 1 aromatic carbocycles. The van der Waals surface area contributed by atoms with Gasteiger partial charge in [0, 0.05) is 25.0 Å². The Balaban J connectivity index is 1.89. The van der Waals surface area contributed by atoms with Gasteiger partial charge >= 0.3 is 0 Å². The molecule has 0 saturated carbocycles. The normalized spacial score (nSPS) is 10.4. The highest BCUT2D eigenvalue weighted by Crippen LogP contribution is 2.08. The van der Waals surface area contributed by atoms with Crippen molar-refractivity contribution < 1.29 is 8.78 Å². The number of nitrogens with zero attached hydrogens (tertiary/aromatic N) is 1. The van der Waals surface area contributed by atoms with Crippen LogP contribution in [-0.4, -0.2) is 16.5 Å². The number of H-pyrrole nitrogens is 1. The molecular formula is C11H11F2N3.